The second-order valence-electron chi connectivity index (χ2n) is 3.64. The van der Waals surface area contributed by atoms with Crippen LogP contribution in [-0.4, -0.2) is 25.7 Å². The molecule has 19 heavy (non-hydrogen) atoms. The van der Waals surface area contributed by atoms with Gasteiger partial charge in [0.15, 0.2) is 0 Å². The molecule has 0 aliphatic heterocycles. The molecule has 0 aliphatic rings. The monoisotopic (exact) mass is 299 g/mol. The molecule has 0 aliphatic carbocycles. The maximum Gasteiger partial charge on any atom is 0.263 e. The van der Waals surface area contributed by atoms with Crippen molar-refractivity contribution in [2.24, 2.45) is 0 Å². The first-order chi connectivity index (χ1) is 9.05. The fraction of sp³-hybridized carbons (Fsp3) is 0.273. The SMILES string of the molecule is CCc1nnc(NS(=O)(=O)c2ccc(OC)cc2)s1. The number of aryl methyl sites for hydroxylation is 1. The van der Waals surface area contributed by atoms with Gasteiger partial charge in [0.05, 0.1) is 12.0 Å². The van der Waals surface area contributed by atoms with Crippen LogP contribution in [-0.2, 0) is 16.4 Å². The van der Waals surface area contributed by atoms with Crippen LogP contribution in [0, 0.1) is 0 Å². The van der Waals surface area contributed by atoms with Crippen LogP contribution in [0.1, 0.15) is 11.9 Å². The van der Waals surface area contributed by atoms with Gasteiger partial charge < -0.3 is 4.74 Å². The van der Waals surface area contributed by atoms with Crippen molar-refractivity contribution >= 4 is 26.5 Å². The van der Waals surface area contributed by atoms with E-state index in [1.165, 1.54) is 30.6 Å². The van der Waals surface area contributed by atoms with Crippen molar-refractivity contribution in [2.75, 3.05) is 11.8 Å². The van der Waals surface area contributed by atoms with E-state index in [9.17, 15) is 8.42 Å². The number of sulfonamides is 1. The topological polar surface area (TPSA) is 81.2 Å². The van der Waals surface area contributed by atoms with Crippen LogP contribution in [0.5, 0.6) is 5.75 Å². The van der Waals surface area contributed by atoms with Crippen molar-refractivity contribution in [3.63, 3.8) is 0 Å². The van der Waals surface area contributed by atoms with Crippen LogP contribution in [0.2, 0.25) is 0 Å². The number of hydrogen-bond acceptors (Lipinski definition) is 6. The predicted molar refractivity (Wildman–Crippen MR) is 73.1 cm³/mol. The summed E-state index contributed by atoms with van der Waals surface area (Å²) in [7, 11) is -2.11. The van der Waals surface area contributed by atoms with E-state index in [1.807, 2.05) is 6.92 Å². The maximum atomic E-state index is 12.1. The summed E-state index contributed by atoms with van der Waals surface area (Å²) in [5, 5.41) is 8.70. The summed E-state index contributed by atoms with van der Waals surface area (Å²) in [4.78, 5) is 0.154. The van der Waals surface area contributed by atoms with Gasteiger partial charge in [-0.25, -0.2) is 8.42 Å². The lowest BCUT2D eigenvalue weighted by Gasteiger charge is -2.05. The lowest BCUT2D eigenvalue weighted by molar-refractivity contribution is 0.414. The molecule has 1 aromatic heterocycles. The zero-order chi connectivity index (χ0) is 13.9. The largest absolute Gasteiger partial charge is 0.497 e. The van der Waals surface area contributed by atoms with Gasteiger partial charge in [0.1, 0.15) is 10.8 Å². The molecule has 1 aromatic carbocycles. The van der Waals surface area contributed by atoms with Gasteiger partial charge in [0.25, 0.3) is 10.0 Å². The number of nitrogens with one attached hydrogen (secondary N) is 1. The molecule has 0 radical (unpaired) electrons. The summed E-state index contributed by atoms with van der Waals surface area (Å²) in [5.74, 6) is 0.600. The summed E-state index contributed by atoms with van der Waals surface area (Å²) < 4.78 is 31.6. The Morgan fingerprint density at radius 2 is 1.95 bits per heavy atom. The van der Waals surface area contributed by atoms with E-state index in [1.54, 1.807) is 12.1 Å². The first kappa shape index (κ1) is 13.8. The minimum absolute atomic E-state index is 0.154. The van der Waals surface area contributed by atoms with Gasteiger partial charge in [-0.2, -0.15) is 0 Å². The summed E-state index contributed by atoms with van der Waals surface area (Å²) in [6, 6.07) is 6.13. The number of ether oxygens (including phenoxy) is 1. The second kappa shape index (κ2) is 5.54. The van der Waals surface area contributed by atoms with E-state index in [-0.39, 0.29) is 10.0 Å². The highest BCUT2D eigenvalue weighted by Gasteiger charge is 2.16. The Morgan fingerprint density at radius 3 is 2.47 bits per heavy atom. The zero-order valence-electron chi connectivity index (χ0n) is 10.5. The number of nitrogens with zero attached hydrogens (tertiary/aromatic N) is 2. The molecule has 0 fully saturated rings. The molecule has 6 nitrogen and oxygen atoms in total. The van der Waals surface area contributed by atoms with Crippen LogP contribution in [0.3, 0.4) is 0 Å². The van der Waals surface area contributed by atoms with Crippen molar-refractivity contribution in [3.05, 3.63) is 29.3 Å². The van der Waals surface area contributed by atoms with Gasteiger partial charge in [-0.05, 0) is 30.7 Å². The van der Waals surface area contributed by atoms with E-state index in [0.29, 0.717) is 5.75 Å². The van der Waals surface area contributed by atoms with Crippen molar-refractivity contribution < 1.29 is 13.2 Å². The Balaban J connectivity index is 2.21. The predicted octanol–water partition coefficient (Wildman–Crippen LogP) is 1.91. The van der Waals surface area contributed by atoms with Crippen molar-refractivity contribution in [1.29, 1.82) is 0 Å². The second-order valence-corrected chi connectivity index (χ2v) is 6.38. The Kier molecular flexibility index (Phi) is 4.01. The Morgan fingerprint density at radius 1 is 1.26 bits per heavy atom. The Bertz CT molecular complexity index is 650. The summed E-state index contributed by atoms with van der Waals surface area (Å²) in [6.07, 6.45) is 0.724. The first-order valence-corrected chi connectivity index (χ1v) is 7.84. The van der Waals surface area contributed by atoms with Gasteiger partial charge in [-0.15, -0.1) is 10.2 Å². The quantitative estimate of drug-likeness (QED) is 0.912. The van der Waals surface area contributed by atoms with Crippen molar-refractivity contribution in [2.45, 2.75) is 18.2 Å². The fourth-order valence-electron chi connectivity index (χ4n) is 1.37. The molecule has 0 amide bonds. The van der Waals surface area contributed by atoms with Crippen LogP contribution < -0.4 is 9.46 Å². The van der Waals surface area contributed by atoms with E-state index in [2.05, 4.69) is 14.9 Å². The van der Waals surface area contributed by atoms with Crippen molar-refractivity contribution in [1.82, 2.24) is 10.2 Å². The number of rotatable bonds is 5. The van der Waals surface area contributed by atoms with Crippen LogP contribution in [0.25, 0.3) is 0 Å². The van der Waals surface area contributed by atoms with Crippen LogP contribution in [0.4, 0.5) is 5.13 Å². The van der Waals surface area contributed by atoms with Crippen molar-refractivity contribution in [3.8, 4) is 5.75 Å². The molecule has 0 spiro atoms. The van der Waals surface area contributed by atoms with Gasteiger partial charge in [0.2, 0.25) is 5.13 Å². The molecular weight excluding hydrogens is 286 g/mol. The highest BCUT2D eigenvalue weighted by atomic mass is 32.2. The Hall–Kier alpha value is -1.67. The number of hydrogen-bond donors (Lipinski definition) is 1. The molecule has 1 heterocycles. The average Bonchev–Trinajstić information content (AvgIpc) is 2.85. The molecule has 0 unspecified atom stereocenters. The zero-order valence-corrected chi connectivity index (χ0v) is 12.1. The lowest BCUT2D eigenvalue weighted by Crippen LogP contribution is -2.12. The highest BCUT2D eigenvalue weighted by Crippen LogP contribution is 2.21. The number of methoxy groups -OCH3 is 1. The fourth-order valence-corrected chi connectivity index (χ4v) is 3.28. The molecule has 2 rings (SSSR count). The molecule has 2 aromatic rings. The van der Waals surface area contributed by atoms with Gasteiger partial charge in [-0.3, -0.25) is 4.72 Å². The van der Waals surface area contributed by atoms with E-state index in [4.69, 9.17) is 4.74 Å². The third-order valence-electron chi connectivity index (χ3n) is 2.36. The maximum absolute atomic E-state index is 12.1. The third-order valence-corrected chi connectivity index (χ3v) is 4.83. The van der Waals surface area contributed by atoms with E-state index >= 15 is 0 Å². The van der Waals surface area contributed by atoms with Crippen LogP contribution >= 0.6 is 11.3 Å². The van der Waals surface area contributed by atoms with Crippen LogP contribution in [0.15, 0.2) is 29.2 Å². The normalized spacial score (nSPS) is 11.3. The number of benzene rings is 1. The number of anilines is 1. The molecule has 0 bridgehead atoms. The first-order valence-electron chi connectivity index (χ1n) is 5.54. The minimum Gasteiger partial charge on any atom is -0.497 e. The van der Waals surface area contributed by atoms with E-state index < -0.39 is 10.0 Å². The molecular formula is C11H13N3O3S2. The molecule has 0 saturated carbocycles. The Labute approximate surface area is 115 Å². The minimum atomic E-state index is -3.63. The lowest BCUT2D eigenvalue weighted by atomic mass is 10.3. The standard InChI is InChI=1S/C11H13N3O3S2/c1-3-10-12-13-11(18-10)14-19(15,16)9-6-4-8(17-2)5-7-9/h4-7H,3H2,1-2H3,(H,13,14). The summed E-state index contributed by atoms with van der Waals surface area (Å²) in [6.45, 7) is 1.93. The summed E-state index contributed by atoms with van der Waals surface area (Å²) in [5.41, 5.74) is 0. The summed E-state index contributed by atoms with van der Waals surface area (Å²) >= 11 is 1.22. The molecule has 0 saturated heterocycles. The van der Waals surface area contributed by atoms with Gasteiger partial charge >= 0.3 is 0 Å². The smallest absolute Gasteiger partial charge is 0.263 e. The molecule has 1 N–H and O–H groups in total. The van der Waals surface area contributed by atoms with E-state index in [0.717, 1.165) is 11.4 Å². The molecule has 102 valence electrons. The van der Waals surface area contributed by atoms with Gasteiger partial charge in [-0.1, -0.05) is 18.3 Å². The molecule has 0 atom stereocenters. The van der Waals surface area contributed by atoms with Gasteiger partial charge in [0, 0.05) is 0 Å². The highest BCUT2D eigenvalue weighted by molar-refractivity contribution is 7.93. The average molecular weight is 299 g/mol. The number of aromatic nitrogens is 2. The molecule has 8 heteroatoms. The third kappa shape index (κ3) is 3.21.